The molecule has 0 fully saturated rings. The van der Waals surface area contributed by atoms with Crippen molar-refractivity contribution >= 4 is 34.7 Å². The fraction of sp³-hybridized carbons (Fsp3) is 0.444. The van der Waals surface area contributed by atoms with Crippen LogP contribution in [0.15, 0.2) is 30.5 Å². The maximum atomic E-state index is 13.0. The van der Waals surface area contributed by atoms with Gasteiger partial charge in [0.25, 0.3) is 11.8 Å². The first kappa shape index (κ1) is 24.6. The summed E-state index contributed by atoms with van der Waals surface area (Å²) >= 11 is 0. The quantitative estimate of drug-likeness (QED) is 0.294. The molecule has 8 nitrogen and oxygen atoms in total. The van der Waals surface area contributed by atoms with Crippen molar-refractivity contribution in [2.24, 2.45) is 5.92 Å². The second-order valence-corrected chi connectivity index (χ2v) is 9.52. The molecule has 0 saturated heterocycles. The molecule has 8 heteroatoms. The van der Waals surface area contributed by atoms with E-state index in [1.165, 1.54) is 19.1 Å². The SMILES string of the molecule is CCC(C)CCCCc1ncc(NC(=O)c2ccc3cc4n(c3n2)C(C)CCNC4=O)cc1C=N. The lowest BCUT2D eigenvalue weighted by atomic mass is 9.99. The van der Waals surface area contributed by atoms with Crippen LogP contribution in [0.5, 0.6) is 0 Å². The summed E-state index contributed by atoms with van der Waals surface area (Å²) in [7, 11) is 0. The zero-order valence-corrected chi connectivity index (χ0v) is 20.7. The highest BCUT2D eigenvalue weighted by Crippen LogP contribution is 2.27. The Hall–Kier alpha value is -3.55. The number of amides is 2. The van der Waals surface area contributed by atoms with Crippen molar-refractivity contribution in [3.63, 3.8) is 0 Å². The third-order valence-electron chi connectivity index (χ3n) is 6.91. The molecule has 1 aliphatic rings. The van der Waals surface area contributed by atoms with E-state index in [-0.39, 0.29) is 23.6 Å². The van der Waals surface area contributed by atoms with Crippen LogP contribution in [-0.2, 0) is 6.42 Å². The van der Waals surface area contributed by atoms with Gasteiger partial charge in [0.15, 0.2) is 0 Å². The predicted molar refractivity (Wildman–Crippen MR) is 138 cm³/mol. The van der Waals surface area contributed by atoms with Crippen LogP contribution in [0.3, 0.4) is 0 Å². The van der Waals surface area contributed by atoms with Gasteiger partial charge in [0, 0.05) is 35.4 Å². The van der Waals surface area contributed by atoms with Gasteiger partial charge in [-0.25, -0.2) is 4.98 Å². The van der Waals surface area contributed by atoms with E-state index in [0.717, 1.165) is 42.7 Å². The molecular formula is C27H34N6O2. The van der Waals surface area contributed by atoms with Gasteiger partial charge in [-0.1, -0.05) is 33.1 Å². The van der Waals surface area contributed by atoms with E-state index in [0.29, 0.717) is 29.1 Å². The van der Waals surface area contributed by atoms with Gasteiger partial charge < -0.3 is 20.6 Å². The molecule has 3 aromatic rings. The van der Waals surface area contributed by atoms with Gasteiger partial charge in [-0.3, -0.25) is 14.6 Å². The van der Waals surface area contributed by atoms with Crippen molar-refractivity contribution in [3.05, 3.63) is 53.1 Å². The van der Waals surface area contributed by atoms with E-state index < -0.39 is 0 Å². The van der Waals surface area contributed by atoms with Gasteiger partial charge in [0.1, 0.15) is 17.0 Å². The lowest BCUT2D eigenvalue weighted by Gasteiger charge is -2.14. The van der Waals surface area contributed by atoms with Crippen molar-refractivity contribution in [3.8, 4) is 0 Å². The number of aryl methyl sites for hydroxylation is 1. The second-order valence-electron chi connectivity index (χ2n) is 9.52. The normalized spacial score (nSPS) is 16.3. The lowest BCUT2D eigenvalue weighted by molar-refractivity contribution is 0.0950. The molecule has 0 radical (unpaired) electrons. The number of anilines is 1. The minimum Gasteiger partial charge on any atom is -0.351 e. The van der Waals surface area contributed by atoms with Crippen LogP contribution in [0.25, 0.3) is 11.0 Å². The van der Waals surface area contributed by atoms with Crippen molar-refractivity contribution < 1.29 is 9.59 Å². The highest BCUT2D eigenvalue weighted by atomic mass is 16.2. The van der Waals surface area contributed by atoms with Crippen molar-refractivity contribution in [1.82, 2.24) is 19.9 Å². The van der Waals surface area contributed by atoms with Crippen LogP contribution >= 0.6 is 0 Å². The van der Waals surface area contributed by atoms with Crippen LogP contribution in [0.2, 0.25) is 0 Å². The molecule has 1 aliphatic heterocycles. The largest absolute Gasteiger partial charge is 0.351 e. The fourth-order valence-electron chi connectivity index (χ4n) is 4.55. The summed E-state index contributed by atoms with van der Waals surface area (Å²) < 4.78 is 1.92. The highest BCUT2D eigenvalue weighted by molar-refractivity contribution is 6.05. The van der Waals surface area contributed by atoms with Crippen LogP contribution < -0.4 is 10.6 Å². The number of unbranched alkanes of at least 4 members (excludes halogenated alkanes) is 1. The number of fused-ring (bicyclic) bond motifs is 3. The van der Waals surface area contributed by atoms with Gasteiger partial charge in [-0.2, -0.15) is 0 Å². The maximum absolute atomic E-state index is 13.0. The summed E-state index contributed by atoms with van der Waals surface area (Å²) in [4.78, 5) is 34.6. The highest BCUT2D eigenvalue weighted by Gasteiger charge is 2.24. The first-order chi connectivity index (χ1) is 16.9. The van der Waals surface area contributed by atoms with E-state index in [1.54, 1.807) is 18.3 Å². The summed E-state index contributed by atoms with van der Waals surface area (Å²) in [6, 6.07) is 7.18. The summed E-state index contributed by atoms with van der Waals surface area (Å²) in [5, 5.41) is 14.4. The molecule has 0 aliphatic carbocycles. The Morgan fingerprint density at radius 2 is 2.17 bits per heavy atom. The van der Waals surface area contributed by atoms with Crippen LogP contribution in [0, 0.1) is 11.3 Å². The molecule has 0 aromatic carbocycles. The van der Waals surface area contributed by atoms with Crippen LogP contribution in [0.4, 0.5) is 5.69 Å². The molecule has 4 rings (SSSR count). The zero-order valence-electron chi connectivity index (χ0n) is 20.7. The average Bonchev–Trinajstić information content (AvgIpc) is 3.19. The topological polar surface area (TPSA) is 113 Å². The van der Waals surface area contributed by atoms with Crippen LogP contribution in [-0.4, -0.2) is 39.1 Å². The predicted octanol–water partition coefficient (Wildman–Crippen LogP) is 5.13. The summed E-state index contributed by atoms with van der Waals surface area (Å²) in [5.74, 6) is 0.258. The summed E-state index contributed by atoms with van der Waals surface area (Å²) in [6.07, 6.45) is 9.12. The minimum atomic E-state index is -0.354. The number of rotatable bonds is 9. The molecule has 2 atom stereocenters. The molecule has 4 heterocycles. The van der Waals surface area contributed by atoms with E-state index in [1.807, 2.05) is 23.6 Å². The smallest absolute Gasteiger partial charge is 0.274 e. The van der Waals surface area contributed by atoms with E-state index in [9.17, 15) is 9.59 Å². The molecule has 0 bridgehead atoms. The number of carbonyl (C=O) groups is 2. The van der Waals surface area contributed by atoms with Crippen LogP contribution in [0.1, 0.15) is 91.2 Å². The van der Waals surface area contributed by atoms with Gasteiger partial charge in [0.05, 0.1) is 11.9 Å². The summed E-state index contributed by atoms with van der Waals surface area (Å²) in [5.41, 5.74) is 3.58. The van der Waals surface area contributed by atoms with Gasteiger partial charge in [-0.15, -0.1) is 0 Å². The molecule has 184 valence electrons. The summed E-state index contributed by atoms with van der Waals surface area (Å²) in [6.45, 7) is 7.15. The Labute approximate surface area is 206 Å². The lowest BCUT2D eigenvalue weighted by Crippen LogP contribution is -2.22. The number of carbonyl (C=O) groups excluding carboxylic acids is 2. The van der Waals surface area contributed by atoms with Crippen molar-refractivity contribution in [2.75, 3.05) is 11.9 Å². The second kappa shape index (κ2) is 10.8. The molecule has 0 spiro atoms. The number of nitrogens with zero attached hydrogens (tertiary/aromatic N) is 3. The Bertz CT molecular complexity index is 1250. The number of pyridine rings is 2. The number of hydrogen-bond donors (Lipinski definition) is 3. The number of hydrogen-bond acceptors (Lipinski definition) is 5. The fourth-order valence-corrected chi connectivity index (χ4v) is 4.55. The Morgan fingerprint density at radius 1 is 1.34 bits per heavy atom. The first-order valence-corrected chi connectivity index (χ1v) is 12.5. The molecule has 2 unspecified atom stereocenters. The van der Waals surface area contributed by atoms with E-state index in [4.69, 9.17) is 5.41 Å². The monoisotopic (exact) mass is 474 g/mol. The molecule has 35 heavy (non-hydrogen) atoms. The molecular weight excluding hydrogens is 440 g/mol. The Kier molecular flexibility index (Phi) is 7.58. The zero-order chi connectivity index (χ0) is 24.9. The Morgan fingerprint density at radius 3 is 2.94 bits per heavy atom. The van der Waals surface area contributed by atoms with Gasteiger partial charge >= 0.3 is 0 Å². The Balaban J connectivity index is 1.50. The van der Waals surface area contributed by atoms with Crippen molar-refractivity contribution in [2.45, 2.75) is 65.3 Å². The van der Waals surface area contributed by atoms with E-state index >= 15 is 0 Å². The minimum absolute atomic E-state index is 0.0874. The van der Waals surface area contributed by atoms with E-state index in [2.05, 4.69) is 34.4 Å². The average molecular weight is 475 g/mol. The van der Waals surface area contributed by atoms with Gasteiger partial charge in [0.2, 0.25) is 0 Å². The molecule has 0 saturated carbocycles. The maximum Gasteiger partial charge on any atom is 0.274 e. The molecule has 3 N–H and O–H groups in total. The van der Waals surface area contributed by atoms with Gasteiger partial charge in [-0.05, 0) is 56.4 Å². The number of nitrogens with one attached hydrogen (secondary N) is 3. The van der Waals surface area contributed by atoms with Crippen molar-refractivity contribution in [1.29, 1.82) is 5.41 Å². The third-order valence-corrected chi connectivity index (χ3v) is 6.91. The third kappa shape index (κ3) is 5.42. The first-order valence-electron chi connectivity index (χ1n) is 12.5. The number of aromatic nitrogens is 3. The molecule has 2 amide bonds. The molecule has 3 aromatic heterocycles. The standard InChI is InChI=1S/C27H34N6O2/c1-4-17(2)7-5-6-8-22-20(15-28)13-21(16-30-22)31-26(34)23-10-9-19-14-24-27(35)29-12-11-18(3)33(24)25(19)32-23/h9-10,13-18,28H,4-8,11-12H2,1-3H3,(H,29,35)(H,31,34).